The second-order valence-corrected chi connectivity index (χ2v) is 8.36. The van der Waals surface area contributed by atoms with Crippen molar-refractivity contribution in [2.45, 2.75) is 44.2 Å². The molecule has 2 N–H and O–H groups in total. The molecule has 2 rings (SSSR count). The maximum atomic E-state index is 14.5. The topological polar surface area (TPSA) is 58.2 Å². The fraction of sp³-hybridized carbons (Fsp3) is 0.571. The predicted octanol–water partition coefficient (Wildman–Crippen LogP) is 2.77. The molecule has 1 aliphatic rings. The molecule has 1 aliphatic carbocycles. The zero-order valence-electron chi connectivity index (χ0n) is 12.1. The van der Waals surface area contributed by atoms with Gasteiger partial charge in [-0.25, -0.2) is 17.5 Å². The SMILES string of the molecule is CC(C)NCc1cc(Br)cc(S(=O)(=O)NCC2CC2)c1F. The van der Waals surface area contributed by atoms with E-state index in [1.165, 1.54) is 6.07 Å². The third kappa shape index (κ3) is 4.74. The van der Waals surface area contributed by atoms with Crippen LogP contribution in [0.1, 0.15) is 32.3 Å². The molecule has 1 aromatic carbocycles. The molecule has 0 radical (unpaired) electrons. The Morgan fingerprint density at radius 1 is 1.38 bits per heavy atom. The highest BCUT2D eigenvalue weighted by Crippen LogP contribution is 2.29. The number of hydrogen-bond donors (Lipinski definition) is 2. The smallest absolute Gasteiger partial charge is 0.243 e. The summed E-state index contributed by atoms with van der Waals surface area (Å²) >= 11 is 3.25. The van der Waals surface area contributed by atoms with Crippen LogP contribution in [0.3, 0.4) is 0 Å². The molecule has 21 heavy (non-hydrogen) atoms. The lowest BCUT2D eigenvalue weighted by atomic mass is 10.2. The molecular formula is C14H20BrFN2O2S. The molecule has 7 heteroatoms. The molecule has 0 aromatic heterocycles. The van der Waals surface area contributed by atoms with Gasteiger partial charge in [-0.3, -0.25) is 0 Å². The van der Waals surface area contributed by atoms with Crippen molar-refractivity contribution in [3.8, 4) is 0 Å². The van der Waals surface area contributed by atoms with Gasteiger partial charge in [0.1, 0.15) is 10.7 Å². The molecular weight excluding hydrogens is 359 g/mol. The van der Waals surface area contributed by atoms with E-state index < -0.39 is 15.8 Å². The van der Waals surface area contributed by atoms with Gasteiger partial charge in [-0.1, -0.05) is 29.8 Å². The second-order valence-electron chi connectivity index (χ2n) is 5.71. The Hall–Kier alpha value is -0.500. The van der Waals surface area contributed by atoms with Gasteiger partial charge in [0.05, 0.1) is 0 Å². The quantitative estimate of drug-likeness (QED) is 0.766. The second kappa shape index (κ2) is 6.73. The third-order valence-electron chi connectivity index (χ3n) is 3.33. The molecule has 0 bridgehead atoms. The van der Waals surface area contributed by atoms with Crippen molar-refractivity contribution in [3.05, 3.63) is 28.0 Å². The summed E-state index contributed by atoms with van der Waals surface area (Å²) in [5, 5.41) is 3.09. The molecule has 1 saturated carbocycles. The van der Waals surface area contributed by atoms with Gasteiger partial charge in [0.15, 0.2) is 0 Å². The Bertz CT molecular complexity index is 616. The van der Waals surface area contributed by atoms with Crippen LogP contribution < -0.4 is 10.0 Å². The highest BCUT2D eigenvalue weighted by atomic mass is 79.9. The minimum absolute atomic E-state index is 0.191. The van der Waals surface area contributed by atoms with Crippen molar-refractivity contribution in [3.63, 3.8) is 0 Å². The average molecular weight is 379 g/mol. The van der Waals surface area contributed by atoms with E-state index >= 15 is 0 Å². The summed E-state index contributed by atoms with van der Waals surface area (Å²) in [4.78, 5) is -0.293. The van der Waals surface area contributed by atoms with Gasteiger partial charge in [0.25, 0.3) is 0 Å². The molecule has 0 unspecified atom stereocenters. The van der Waals surface area contributed by atoms with Crippen LogP contribution in [0.2, 0.25) is 0 Å². The molecule has 1 fully saturated rings. The van der Waals surface area contributed by atoms with Crippen LogP contribution in [0, 0.1) is 11.7 Å². The number of halogens is 2. The molecule has 0 amide bonds. The minimum atomic E-state index is -3.81. The third-order valence-corrected chi connectivity index (χ3v) is 5.21. The Morgan fingerprint density at radius 3 is 2.62 bits per heavy atom. The molecule has 0 heterocycles. The first kappa shape index (κ1) is 16.9. The zero-order chi connectivity index (χ0) is 15.6. The van der Waals surface area contributed by atoms with Crippen molar-refractivity contribution >= 4 is 26.0 Å². The molecule has 118 valence electrons. The number of nitrogens with one attached hydrogen (secondary N) is 2. The van der Waals surface area contributed by atoms with Crippen molar-refractivity contribution < 1.29 is 12.8 Å². The molecule has 1 aromatic rings. The van der Waals surface area contributed by atoms with Crippen LogP contribution in [0.15, 0.2) is 21.5 Å². The largest absolute Gasteiger partial charge is 0.310 e. The lowest BCUT2D eigenvalue weighted by Crippen LogP contribution is -2.28. The van der Waals surface area contributed by atoms with Crippen LogP contribution in [-0.2, 0) is 16.6 Å². The molecule has 4 nitrogen and oxygen atoms in total. The lowest BCUT2D eigenvalue weighted by Gasteiger charge is -2.13. The summed E-state index contributed by atoms with van der Waals surface area (Å²) in [5.74, 6) is -0.285. The average Bonchev–Trinajstić information content (AvgIpc) is 3.21. The van der Waals surface area contributed by atoms with Crippen molar-refractivity contribution in [1.82, 2.24) is 10.0 Å². The van der Waals surface area contributed by atoms with Crippen LogP contribution in [0.25, 0.3) is 0 Å². The highest BCUT2D eigenvalue weighted by Gasteiger charge is 2.27. The van der Waals surface area contributed by atoms with E-state index in [4.69, 9.17) is 0 Å². The van der Waals surface area contributed by atoms with Gasteiger partial charge in [-0.05, 0) is 30.9 Å². The van der Waals surface area contributed by atoms with Crippen molar-refractivity contribution in [2.75, 3.05) is 6.54 Å². The highest BCUT2D eigenvalue weighted by molar-refractivity contribution is 9.10. The van der Waals surface area contributed by atoms with Crippen molar-refractivity contribution in [2.24, 2.45) is 5.92 Å². The van der Waals surface area contributed by atoms with E-state index in [-0.39, 0.29) is 17.5 Å². The van der Waals surface area contributed by atoms with Crippen LogP contribution in [0.5, 0.6) is 0 Å². The Kier molecular flexibility index (Phi) is 5.40. The van der Waals surface area contributed by atoms with Crippen LogP contribution in [0.4, 0.5) is 4.39 Å². The number of rotatable bonds is 7. The van der Waals surface area contributed by atoms with E-state index in [9.17, 15) is 12.8 Å². The fourth-order valence-corrected chi connectivity index (χ4v) is 3.80. The Balaban J connectivity index is 2.24. The van der Waals surface area contributed by atoms with E-state index in [1.54, 1.807) is 6.07 Å². The summed E-state index contributed by atoms with van der Waals surface area (Å²) in [6.07, 6.45) is 2.07. The molecule has 0 atom stereocenters. The van der Waals surface area contributed by atoms with Crippen LogP contribution >= 0.6 is 15.9 Å². The minimum Gasteiger partial charge on any atom is -0.310 e. The van der Waals surface area contributed by atoms with E-state index in [2.05, 4.69) is 26.0 Å². The summed E-state index contributed by atoms with van der Waals surface area (Å²) in [7, 11) is -3.81. The maximum absolute atomic E-state index is 14.5. The first-order valence-corrected chi connectivity index (χ1v) is 9.28. The zero-order valence-corrected chi connectivity index (χ0v) is 14.5. The van der Waals surface area contributed by atoms with Crippen LogP contribution in [-0.4, -0.2) is 21.0 Å². The molecule has 0 spiro atoms. The lowest BCUT2D eigenvalue weighted by molar-refractivity contribution is 0.527. The number of sulfonamides is 1. The Morgan fingerprint density at radius 2 is 2.05 bits per heavy atom. The standard InChI is InChI=1S/C14H20BrFN2O2S/c1-9(2)17-8-11-5-12(15)6-13(14(11)16)21(19,20)18-7-10-3-4-10/h5-6,9-10,17-18H,3-4,7-8H2,1-2H3. The van der Waals surface area contributed by atoms with E-state index in [0.717, 1.165) is 12.8 Å². The van der Waals surface area contributed by atoms with E-state index in [1.807, 2.05) is 13.8 Å². The molecule has 0 aliphatic heterocycles. The summed E-state index contributed by atoms with van der Waals surface area (Å²) in [6.45, 7) is 4.57. The van der Waals surface area contributed by atoms with Gasteiger partial charge < -0.3 is 5.32 Å². The fourth-order valence-electron chi connectivity index (χ4n) is 1.88. The van der Waals surface area contributed by atoms with Gasteiger partial charge in [0, 0.05) is 29.2 Å². The Labute approximate surface area is 133 Å². The summed E-state index contributed by atoms with van der Waals surface area (Å²) < 4.78 is 42.0. The van der Waals surface area contributed by atoms with Crippen molar-refractivity contribution in [1.29, 1.82) is 0 Å². The summed E-state index contributed by atoms with van der Waals surface area (Å²) in [6, 6.07) is 3.10. The van der Waals surface area contributed by atoms with Gasteiger partial charge in [-0.15, -0.1) is 0 Å². The number of benzene rings is 1. The van der Waals surface area contributed by atoms with Gasteiger partial charge in [0.2, 0.25) is 10.0 Å². The van der Waals surface area contributed by atoms with Gasteiger partial charge >= 0.3 is 0 Å². The number of hydrogen-bond acceptors (Lipinski definition) is 3. The molecule has 0 saturated heterocycles. The van der Waals surface area contributed by atoms with Gasteiger partial charge in [-0.2, -0.15) is 0 Å². The monoisotopic (exact) mass is 378 g/mol. The first-order valence-electron chi connectivity index (χ1n) is 7.00. The van der Waals surface area contributed by atoms with E-state index in [0.29, 0.717) is 22.5 Å². The maximum Gasteiger partial charge on any atom is 0.243 e. The first-order chi connectivity index (χ1) is 9.79. The summed E-state index contributed by atoms with van der Waals surface area (Å²) in [5.41, 5.74) is 0.338. The predicted molar refractivity (Wildman–Crippen MR) is 84.0 cm³/mol. The normalized spacial score (nSPS) is 15.7.